The maximum atomic E-state index is 13.4. The third-order valence-corrected chi connectivity index (χ3v) is 2.27. The molecule has 78 valence electrons. The van der Waals surface area contributed by atoms with Gasteiger partial charge in [-0.3, -0.25) is 5.10 Å². The number of aromatic amines is 1. The van der Waals surface area contributed by atoms with Gasteiger partial charge in [-0.1, -0.05) is 0 Å². The molecule has 1 N–H and O–H groups in total. The van der Waals surface area contributed by atoms with Crippen LogP contribution in [0.4, 0.5) is 4.39 Å². The SMILES string of the molecule is COc1ccc(-c2[nH]ncc2C)cc1F. The molecule has 0 saturated heterocycles. The average Bonchev–Trinajstić information content (AvgIpc) is 2.64. The van der Waals surface area contributed by atoms with Crippen LogP contribution in [-0.4, -0.2) is 17.3 Å². The molecule has 1 aromatic carbocycles. The van der Waals surface area contributed by atoms with Gasteiger partial charge in [-0.25, -0.2) is 4.39 Å². The van der Waals surface area contributed by atoms with Crippen LogP contribution in [0.25, 0.3) is 11.3 Å². The molecule has 0 fully saturated rings. The summed E-state index contributed by atoms with van der Waals surface area (Å²) in [4.78, 5) is 0. The summed E-state index contributed by atoms with van der Waals surface area (Å²) in [5.74, 6) is -0.125. The molecule has 2 aromatic rings. The van der Waals surface area contributed by atoms with Gasteiger partial charge < -0.3 is 4.74 Å². The minimum absolute atomic E-state index is 0.246. The van der Waals surface area contributed by atoms with E-state index in [2.05, 4.69) is 10.2 Å². The molecule has 0 saturated carbocycles. The Morgan fingerprint density at radius 2 is 2.20 bits per heavy atom. The van der Waals surface area contributed by atoms with E-state index in [0.717, 1.165) is 16.8 Å². The summed E-state index contributed by atoms with van der Waals surface area (Å²) in [6.07, 6.45) is 1.71. The van der Waals surface area contributed by atoms with E-state index in [1.807, 2.05) is 6.92 Å². The number of nitrogens with zero attached hydrogens (tertiary/aromatic N) is 1. The number of rotatable bonds is 2. The Morgan fingerprint density at radius 1 is 1.40 bits per heavy atom. The molecule has 3 nitrogen and oxygen atoms in total. The van der Waals surface area contributed by atoms with Crippen molar-refractivity contribution in [3.8, 4) is 17.0 Å². The zero-order valence-corrected chi connectivity index (χ0v) is 8.54. The van der Waals surface area contributed by atoms with Crippen molar-refractivity contribution in [3.05, 3.63) is 35.8 Å². The summed E-state index contributed by atoms with van der Waals surface area (Å²) in [6, 6.07) is 4.83. The first-order valence-electron chi connectivity index (χ1n) is 4.56. The van der Waals surface area contributed by atoms with Crippen LogP contribution in [-0.2, 0) is 0 Å². The Morgan fingerprint density at radius 3 is 2.73 bits per heavy atom. The molecule has 0 aliphatic rings. The van der Waals surface area contributed by atoms with Gasteiger partial charge in [0, 0.05) is 5.56 Å². The Kier molecular flexibility index (Phi) is 2.41. The normalized spacial score (nSPS) is 10.3. The molecule has 0 radical (unpaired) electrons. The molecule has 4 heteroatoms. The summed E-state index contributed by atoms with van der Waals surface area (Å²) >= 11 is 0. The van der Waals surface area contributed by atoms with Crippen molar-refractivity contribution >= 4 is 0 Å². The smallest absolute Gasteiger partial charge is 0.165 e. The summed E-state index contributed by atoms with van der Waals surface area (Å²) in [5.41, 5.74) is 2.58. The molecular weight excluding hydrogens is 195 g/mol. The highest BCUT2D eigenvalue weighted by Gasteiger charge is 2.08. The lowest BCUT2D eigenvalue weighted by molar-refractivity contribution is 0.386. The van der Waals surface area contributed by atoms with Crippen LogP contribution < -0.4 is 4.74 Å². The molecule has 1 aromatic heterocycles. The molecular formula is C11H11FN2O. The van der Waals surface area contributed by atoms with Gasteiger partial charge in [0.15, 0.2) is 11.6 Å². The Hall–Kier alpha value is -1.84. The van der Waals surface area contributed by atoms with Crippen molar-refractivity contribution in [1.82, 2.24) is 10.2 Å². The van der Waals surface area contributed by atoms with Crippen LogP contribution in [0.1, 0.15) is 5.56 Å². The van der Waals surface area contributed by atoms with Gasteiger partial charge in [0.25, 0.3) is 0 Å². The van der Waals surface area contributed by atoms with E-state index in [9.17, 15) is 4.39 Å². The molecule has 0 bridgehead atoms. The van der Waals surface area contributed by atoms with E-state index in [4.69, 9.17) is 4.74 Å². The zero-order valence-electron chi connectivity index (χ0n) is 8.54. The lowest BCUT2D eigenvalue weighted by Crippen LogP contribution is -1.89. The largest absolute Gasteiger partial charge is 0.494 e. The predicted molar refractivity (Wildman–Crippen MR) is 55.3 cm³/mol. The van der Waals surface area contributed by atoms with Gasteiger partial charge in [0.1, 0.15) is 0 Å². The molecule has 1 heterocycles. The Labute approximate surface area is 86.9 Å². The van der Waals surface area contributed by atoms with Crippen molar-refractivity contribution in [2.24, 2.45) is 0 Å². The minimum atomic E-state index is -0.371. The number of hydrogen-bond acceptors (Lipinski definition) is 2. The van der Waals surface area contributed by atoms with Gasteiger partial charge in [0.05, 0.1) is 19.0 Å². The first-order valence-corrected chi connectivity index (χ1v) is 4.56. The van der Waals surface area contributed by atoms with Gasteiger partial charge in [0.2, 0.25) is 0 Å². The van der Waals surface area contributed by atoms with Crippen LogP contribution in [0.2, 0.25) is 0 Å². The third-order valence-electron chi connectivity index (χ3n) is 2.27. The first kappa shape index (κ1) is 9.71. The average molecular weight is 206 g/mol. The summed E-state index contributed by atoms with van der Waals surface area (Å²) < 4.78 is 18.3. The second-order valence-electron chi connectivity index (χ2n) is 3.28. The minimum Gasteiger partial charge on any atom is -0.494 e. The Balaban J connectivity index is 2.47. The van der Waals surface area contributed by atoms with E-state index >= 15 is 0 Å². The molecule has 2 rings (SSSR count). The van der Waals surface area contributed by atoms with Gasteiger partial charge >= 0.3 is 0 Å². The van der Waals surface area contributed by atoms with E-state index in [0.29, 0.717) is 0 Å². The van der Waals surface area contributed by atoms with Crippen molar-refractivity contribution in [1.29, 1.82) is 0 Å². The van der Waals surface area contributed by atoms with Crippen LogP contribution in [0.15, 0.2) is 24.4 Å². The second-order valence-corrected chi connectivity index (χ2v) is 3.28. The highest BCUT2D eigenvalue weighted by Crippen LogP contribution is 2.25. The standard InChI is InChI=1S/C11H11FN2O/c1-7-6-13-14-11(7)8-3-4-10(15-2)9(12)5-8/h3-6H,1-2H3,(H,13,14). The number of aromatic nitrogens is 2. The number of ether oxygens (including phenoxy) is 1. The van der Waals surface area contributed by atoms with E-state index < -0.39 is 0 Å². The monoisotopic (exact) mass is 206 g/mol. The fourth-order valence-electron chi connectivity index (χ4n) is 1.46. The van der Waals surface area contributed by atoms with Crippen molar-refractivity contribution in [2.45, 2.75) is 6.92 Å². The predicted octanol–water partition coefficient (Wildman–Crippen LogP) is 2.53. The lowest BCUT2D eigenvalue weighted by Gasteiger charge is -2.04. The van der Waals surface area contributed by atoms with Crippen molar-refractivity contribution in [3.63, 3.8) is 0 Å². The van der Waals surface area contributed by atoms with E-state index in [1.165, 1.54) is 13.2 Å². The Bertz CT molecular complexity index is 479. The molecule has 0 unspecified atom stereocenters. The molecule has 15 heavy (non-hydrogen) atoms. The van der Waals surface area contributed by atoms with E-state index in [-0.39, 0.29) is 11.6 Å². The number of aryl methyl sites for hydroxylation is 1. The number of nitrogens with one attached hydrogen (secondary N) is 1. The molecule has 0 aliphatic heterocycles. The topological polar surface area (TPSA) is 37.9 Å². The molecule has 0 amide bonds. The number of H-pyrrole nitrogens is 1. The van der Waals surface area contributed by atoms with Crippen molar-refractivity contribution < 1.29 is 9.13 Å². The molecule has 0 aliphatic carbocycles. The summed E-state index contributed by atoms with van der Waals surface area (Å²) in [6.45, 7) is 1.92. The number of halogens is 1. The van der Waals surface area contributed by atoms with Crippen LogP contribution in [0.5, 0.6) is 5.75 Å². The number of benzene rings is 1. The molecule has 0 atom stereocenters. The number of hydrogen-bond donors (Lipinski definition) is 1. The van der Waals surface area contributed by atoms with Crippen LogP contribution in [0.3, 0.4) is 0 Å². The first-order chi connectivity index (χ1) is 7.22. The van der Waals surface area contributed by atoms with Gasteiger partial charge in [-0.05, 0) is 30.7 Å². The lowest BCUT2D eigenvalue weighted by atomic mass is 10.1. The van der Waals surface area contributed by atoms with Crippen LogP contribution in [0, 0.1) is 12.7 Å². The van der Waals surface area contributed by atoms with Crippen molar-refractivity contribution in [2.75, 3.05) is 7.11 Å². The highest BCUT2D eigenvalue weighted by atomic mass is 19.1. The van der Waals surface area contributed by atoms with Crippen LogP contribution >= 0.6 is 0 Å². The quantitative estimate of drug-likeness (QED) is 0.819. The fourth-order valence-corrected chi connectivity index (χ4v) is 1.46. The van der Waals surface area contributed by atoms with Gasteiger partial charge in [-0.2, -0.15) is 5.10 Å². The zero-order chi connectivity index (χ0) is 10.8. The van der Waals surface area contributed by atoms with E-state index in [1.54, 1.807) is 18.3 Å². The number of methoxy groups -OCH3 is 1. The highest BCUT2D eigenvalue weighted by molar-refractivity contribution is 5.63. The summed E-state index contributed by atoms with van der Waals surface area (Å²) in [5, 5.41) is 6.72. The fraction of sp³-hybridized carbons (Fsp3) is 0.182. The second kappa shape index (κ2) is 3.73. The summed E-state index contributed by atoms with van der Waals surface area (Å²) in [7, 11) is 1.44. The molecule has 0 spiro atoms. The maximum absolute atomic E-state index is 13.4. The maximum Gasteiger partial charge on any atom is 0.165 e. The van der Waals surface area contributed by atoms with Gasteiger partial charge in [-0.15, -0.1) is 0 Å². The third kappa shape index (κ3) is 1.70.